The first kappa shape index (κ1) is 9.58. The fourth-order valence-electron chi connectivity index (χ4n) is 0.848. The van der Waals surface area contributed by atoms with Crippen molar-refractivity contribution in [3.8, 4) is 0 Å². The van der Waals surface area contributed by atoms with E-state index >= 15 is 0 Å². The van der Waals surface area contributed by atoms with Gasteiger partial charge in [-0.05, 0) is 13.0 Å². The van der Waals surface area contributed by atoms with E-state index < -0.39 is 17.5 Å². The second kappa shape index (κ2) is 3.47. The number of hydrogen-bond donors (Lipinski definition) is 0. The van der Waals surface area contributed by atoms with Gasteiger partial charge in [0, 0.05) is 10.4 Å². The molecule has 0 spiro atoms. The van der Waals surface area contributed by atoms with E-state index in [4.69, 9.17) is 0 Å². The first-order valence-corrected chi connectivity index (χ1v) is 4.23. The Morgan fingerprint density at radius 3 is 2.25 bits per heavy atom. The number of alkyl halides is 1. The number of halogens is 4. The largest absolute Gasteiger partial charge is 0.204 e. The average molecular weight is 239 g/mol. The van der Waals surface area contributed by atoms with Crippen LogP contribution in [0.1, 0.15) is 17.3 Å². The van der Waals surface area contributed by atoms with Gasteiger partial charge in [0.15, 0.2) is 17.5 Å². The van der Waals surface area contributed by atoms with Crippen molar-refractivity contribution in [1.82, 2.24) is 0 Å². The first-order valence-electron chi connectivity index (χ1n) is 3.31. The minimum atomic E-state index is -1.42. The van der Waals surface area contributed by atoms with Crippen LogP contribution in [0.5, 0.6) is 0 Å². The Morgan fingerprint density at radius 2 is 1.75 bits per heavy atom. The van der Waals surface area contributed by atoms with Gasteiger partial charge in [0.2, 0.25) is 0 Å². The zero-order valence-corrected chi connectivity index (χ0v) is 7.83. The Balaban J connectivity index is 3.27. The van der Waals surface area contributed by atoms with Gasteiger partial charge in [0.05, 0.1) is 0 Å². The predicted octanol–water partition coefficient (Wildman–Crippen LogP) is 3.56. The summed E-state index contributed by atoms with van der Waals surface area (Å²) in [5, 5.41) is 0. The van der Waals surface area contributed by atoms with Crippen LogP contribution in [-0.4, -0.2) is 0 Å². The molecule has 0 saturated heterocycles. The van der Waals surface area contributed by atoms with E-state index in [-0.39, 0.29) is 10.4 Å². The highest BCUT2D eigenvalue weighted by atomic mass is 79.9. The summed E-state index contributed by atoms with van der Waals surface area (Å²) < 4.78 is 37.8. The zero-order chi connectivity index (χ0) is 9.30. The minimum Gasteiger partial charge on any atom is -0.204 e. The summed E-state index contributed by atoms with van der Waals surface area (Å²) in [7, 11) is 0. The van der Waals surface area contributed by atoms with Crippen LogP contribution in [-0.2, 0) is 0 Å². The number of benzene rings is 1. The van der Waals surface area contributed by atoms with Gasteiger partial charge in [-0.25, -0.2) is 13.2 Å². The lowest BCUT2D eigenvalue weighted by Gasteiger charge is -2.05. The molecule has 0 N–H and O–H groups in total. The zero-order valence-electron chi connectivity index (χ0n) is 6.24. The number of rotatable bonds is 1. The maximum atomic E-state index is 12.9. The summed E-state index contributed by atoms with van der Waals surface area (Å²) in [5.74, 6) is -3.71. The van der Waals surface area contributed by atoms with Crippen molar-refractivity contribution >= 4 is 15.9 Å². The van der Waals surface area contributed by atoms with E-state index in [1.54, 1.807) is 6.92 Å². The van der Waals surface area contributed by atoms with Crippen LogP contribution in [0.4, 0.5) is 13.2 Å². The molecule has 0 aromatic heterocycles. The van der Waals surface area contributed by atoms with Crippen LogP contribution >= 0.6 is 15.9 Å². The van der Waals surface area contributed by atoms with E-state index in [0.717, 1.165) is 6.07 Å². The Kier molecular flexibility index (Phi) is 2.77. The van der Waals surface area contributed by atoms with Gasteiger partial charge in [-0.3, -0.25) is 0 Å². The summed E-state index contributed by atoms with van der Waals surface area (Å²) in [6, 6.07) is 2.12. The summed E-state index contributed by atoms with van der Waals surface area (Å²) in [6.45, 7) is 1.63. The van der Waals surface area contributed by atoms with Gasteiger partial charge in [-0.2, -0.15) is 0 Å². The van der Waals surface area contributed by atoms with E-state index in [2.05, 4.69) is 15.9 Å². The van der Waals surface area contributed by atoms with E-state index in [1.165, 1.54) is 6.07 Å². The molecule has 1 atom stereocenters. The molecule has 1 aromatic rings. The molecule has 0 aliphatic rings. The van der Waals surface area contributed by atoms with Crippen LogP contribution in [0.2, 0.25) is 0 Å². The highest BCUT2D eigenvalue weighted by Crippen LogP contribution is 2.26. The summed E-state index contributed by atoms with van der Waals surface area (Å²) >= 11 is 3.06. The third-order valence-corrected chi connectivity index (χ3v) is 1.99. The maximum Gasteiger partial charge on any atom is 0.194 e. The van der Waals surface area contributed by atoms with Crippen LogP contribution in [0, 0.1) is 17.5 Å². The van der Waals surface area contributed by atoms with Crippen LogP contribution in [0.3, 0.4) is 0 Å². The molecule has 0 aliphatic carbocycles. The molecule has 0 saturated carbocycles. The molecular weight excluding hydrogens is 233 g/mol. The van der Waals surface area contributed by atoms with Gasteiger partial charge >= 0.3 is 0 Å². The minimum absolute atomic E-state index is 0.119. The molecule has 0 fully saturated rings. The van der Waals surface area contributed by atoms with Gasteiger partial charge in [-0.15, -0.1) is 0 Å². The molecule has 0 bridgehead atoms. The molecule has 66 valence electrons. The van der Waals surface area contributed by atoms with Crippen molar-refractivity contribution in [1.29, 1.82) is 0 Å². The van der Waals surface area contributed by atoms with Crippen molar-refractivity contribution in [2.75, 3.05) is 0 Å². The van der Waals surface area contributed by atoms with E-state index in [1.807, 2.05) is 0 Å². The van der Waals surface area contributed by atoms with Crippen molar-refractivity contribution in [2.45, 2.75) is 11.8 Å². The first-order chi connectivity index (χ1) is 5.54. The van der Waals surface area contributed by atoms with Crippen LogP contribution in [0.25, 0.3) is 0 Å². The molecule has 4 heteroatoms. The molecule has 0 amide bonds. The Hall–Kier alpha value is -0.510. The smallest absolute Gasteiger partial charge is 0.194 e. The lowest BCUT2D eigenvalue weighted by atomic mass is 10.1. The maximum absolute atomic E-state index is 12.9. The lowest BCUT2D eigenvalue weighted by Crippen LogP contribution is -1.97. The summed E-state index contributed by atoms with van der Waals surface area (Å²) in [6.07, 6.45) is 0. The Bertz CT molecular complexity index is 297. The fraction of sp³-hybridized carbons (Fsp3) is 0.250. The van der Waals surface area contributed by atoms with Crippen molar-refractivity contribution in [2.24, 2.45) is 0 Å². The molecule has 0 radical (unpaired) electrons. The second-order valence-electron chi connectivity index (χ2n) is 2.38. The molecule has 0 aliphatic heterocycles. The van der Waals surface area contributed by atoms with E-state index in [9.17, 15) is 13.2 Å². The second-order valence-corrected chi connectivity index (χ2v) is 3.75. The van der Waals surface area contributed by atoms with Crippen LogP contribution < -0.4 is 0 Å². The quantitative estimate of drug-likeness (QED) is 0.519. The predicted molar refractivity (Wildman–Crippen MR) is 43.7 cm³/mol. The third kappa shape index (κ3) is 1.63. The van der Waals surface area contributed by atoms with E-state index in [0.29, 0.717) is 0 Å². The van der Waals surface area contributed by atoms with Crippen molar-refractivity contribution in [3.05, 3.63) is 35.1 Å². The monoisotopic (exact) mass is 238 g/mol. The average Bonchev–Trinajstić information content (AvgIpc) is 2.00. The molecule has 1 aromatic carbocycles. The molecular formula is C8H6BrF3. The molecule has 12 heavy (non-hydrogen) atoms. The summed E-state index contributed by atoms with van der Waals surface area (Å²) in [5.41, 5.74) is 0.119. The molecule has 1 unspecified atom stereocenters. The SMILES string of the molecule is CC(Br)c1ccc(F)c(F)c1F. The lowest BCUT2D eigenvalue weighted by molar-refractivity contribution is 0.441. The topological polar surface area (TPSA) is 0 Å². The summed E-state index contributed by atoms with van der Waals surface area (Å²) in [4.78, 5) is -0.326. The molecule has 0 nitrogen and oxygen atoms in total. The van der Waals surface area contributed by atoms with Gasteiger partial charge in [0.1, 0.15) is 0 Å². The highest BCUT2D eigenvalue weighted by Gasteiger charge is 2.15. The normalized spacial score (nSPS) is 13.1. The van der Waals surface area contributed by atoms with Crippen molar-refractivity contribution in [3.63, 3.8) is 0 Å². The molecule has 1 rings (SSSR count). The number of hydrogen-bond acceptors (Lipinski definition) is 0. The standard InChI is InChI=1S/C8H6BrF3/c1-4(9)5-2-3-6(10)8(12)7(5)11/h2-4H,1H3. The van der Waals surface area contributed by atoms with Crippen LogP contribution in [0.15, 0.2) is 12.1 Å². The van der Waals surface area contributed by atoms with Crippen molar-refractivity contribution < 1.29 is 13.2 Å². The Labute approximate surface area is 76.5 Å². The Morgan fingerprint density at radius 1 is 1.17 bits per heavy atom. The third-order valence-electron chi connectivity index (χ3n) is 1.49. The molecule has 0 heterocycles. The van der Waals surface area contributed by atoms with Gasteiger partial charge in [-0.1, -0.05) is 22.0 Å². The van der Waals surface area contributed by atoms with Gasteiger partial charge < -0.3 is 0 Å². The highest BCUT2D eigenvalue weighted by molar-refractivity contribution is 9.09. The fourth-order valence-corrected chi connectivity index (χ4v) is 1.20. The van der Waals surface area contributed by atoms with Gasteiger partial charge in [0.25, 0.3) is 0 Å².